The summed E-state index contributed by atoms with van der Waals surface area (Å²) in [6.07, 6.45) is -4.63. The average Bonchev–Trinajstić information content (AvgIpc) is 1.99. The minimum atomic E-state index is -4.63. The van der Waals surface area contributed by atoms with Gasteiger partial charge in [0.1, 0.15) is 5.82 Å². The first kappa shape index (κ1) is 12.2. The zero-order chi connectivity index (χ0) is 11.8. The Labute approximate surface area is 91.2 Å². The Bertz CT molecular complexity index is 388. The molecule has 0 aliphatic carbocycles. The van der Waals surface area contributed by atoms with E-state index in [1.807, 2.05) is 0 Å². The predicted octanol–water partition coefficient (Wildman–Crippen LogP) is 3.81. The third-order valence-electron chi connectivity index (χ3n) is 1.72. The lowest BCUT2D eigenvalue weighted by atomic mass is 10.1. The molecule has 0 heterocycles. The number of rotatable bonds is 1. The molecule has 1 nitrogen and oxygen atoms in total. The minimum absolute atomic E-state index is 0.192. The molecular formula is C9H5BrF4O. The Morgan fingerprint density at radius 3 is 2.20 bits per heavy atom. The van der Waals surface area contributed by atoms with E-state index in [1.54, 1.807) is 0 Å². The largest absolute Gasteiger partial charge is 0.416 e. The van der Waals surface area contributed by atoms with Crippen molar-refractivity contribution in [1.29, 1.82) is 0 Å². The van der Waals surface area contributed by atoms with Crippen molar-refractivity contribution in [2.24, 2.45) is 0 Å². The van der Waals surface area contributed by atoms with Gasteiger partial charge in [0.25, 0.3) is 0 Å². The van der Waals surface area contributed by atoms with Gasteiger partial charge in [-0.2, -0.15) is 13.2 Å². The molecule has 82 valence electrons. The minimum Gasteiger partial charge on any atom is -0.294 e. The molecule has 0 bridgehead atoms. The molecule has 6 heteroatoms. The molecule has 0 saturated heterocycles. The summed E-state index contributed by atoms with van der Waals surface area (Å²) in [5, 5.41) is 0. The van der Waals surface area contributed by atoms with Crippen LogP contribution in [0, 0.1) is 5.82 Å². The van der Waals surface area contributed by atoms with Crippen molar-refractivity contribution in [1.82, 2.24) is 0 Å². The number of benzene rings is 1. The normalized spacial score (nSPS) is 11.6. The van der Waals surface area contributed by atoms with E-state index in [1.165, 1.54) is 0 Å². The molecule has 0 N–H and O–H groups in total. The maximum atomic E-state index is 13.1. The second-order valence-corrected chi connectivity index (χ2v) is 3.72. The number of carbonyl (C=O) groups excluding carboxylic acids is 1. The van der Waals surface area contributed by atoms with Gasteiger partial charge in [0.05, 0.1) is 11.1 Å². The third-order valence-corrected chi connectivity index (χ3v) is 2.35. The van der Waals surface area contributed by atoms with Crippen LogP contribution in [0.4, 0.5) is 17.6 Å². The first-order chi connectivity index (χ1) is 6.73. The molecule has 0 unspecified atom stereocenters. The average molecular weight is 285 g/mol. The molecular weight excluding hydrogens is 280 g/mol. The molecule has 0 spiro atoms. The molecule has 0 fully saturated rings. The van der Waals surface area contributed by atoms with Gasteiger partial charge in [-0.15, -0.1) is 0 Å². The quantitative estimate of drug-likeness (QED) is 0.566. The van der Waals surface area contributed by atoms with Crippen molar-refractivity contribution in [3.8, 4) is 0 Å². The summed E-state index contributed by atoms with van der Waals surface area (Å²) in [5.41, 5.74) is -1.50. The third kappa shape index (κ3) is 2.56. The molecule has 0 amide bonds. The van der Waals surface area contributed by atoms with E-state index in [0.717, 1.165) is 6.92 Å². The molecule has 1 rings (SSSR count). The first-order valence-electron chi connectivity index (χ1n) is 3.80. The Hall–Kier alpha value is -0.910. The van der Waals surface area contributed by atoms with Crippen LogP contribution >= 0.6 is 15.9 Å². The van der Waals surface area contributed by atoms with Crippen molar-refractivity contribution in [2.45, 2.75) is 13.1 Å². The van der Waals surface area contributed by atoms with Crippen LogP contribution in [0.25, 0.3) is 0 Å². The number of halogens is 5. The standard InChI is InChI=1S/C9H5BrF4O/c1-4(15)8-6(10)2-5(3-7(8)11)9(12,13)14/h2-3H,1H3. The fourth-order valence-electron chi connectivity index (χ4n) is 1.07. The molecule has 0 aliphatic rings. The number of hydrogen-bond donors (Lipinski definition) is 0. The summed E-state index contributed by atoms with van der Waals surface area (Å²) in [6.45, 7) is 1.08. The summed E-state index contributed by atoms with van der Waals surface area (Å²) in [5.74, 6) is -1.81. The molecule has 1 aromatic carbocycles. The van der Waals surface area contributed by atoms with Crippen LogP contribution in [-0.4, -0.2) is 5.78 Å². The van der Waals surface area contributed by atoms with E-state index >= 15 is 0 Å². The van der Waals surface area contributed by atoms with Crippen LogP contribution in [0.3, 0.4) is 0 Å². The zero-order valence-electron chi connectivity index (χ0n) is 7.45. The maximum Gasteiger partial charge on any atom is 0.416 e. The lowest BCUT2D eigenvalue weighted by Crippen LogP contribution is -2.08. The zero-order valence-corrected chi connectivity index (χ0v) is 9.04. The van der Waals surface area contributed by atoms with E-state index in [9.17, 15) is 22.4 Å². The van der Waals surface area contributed by atoms with Gasteiger partial charge in [0.15, 0.2) is 5.78 Å². The fraction of sp³-hybridized carbons (Fsp3) is 0.222. The second-order valence-electron chi connectivity index (χ2n) is 2.87. The highest BCUT2D eigenvalue weighted by molar-refractivity contribution is 9.10. The number of ketones is 1. The van der Waals surface area contributed by atoms with E-state index in [0.29, 0.717) is 12.1 Å². The topological polar surface area (TPSA) is 17.1 Å². The molecule has 0 aromatic heterocycles. The number of hydrogen-bond acceptors (Lipinski definition) is 1. The fourth-order valence-corrected chi connectivity index (χ4v) is 1.79. The van der Waals surface area contributed by atoms with Gasteiger partial charge in [0, 0.05) is 4.47 Å². The van der Waals surface area contributed by atoms with E-state index in [4.69, 9.17) is 0 Å². The molecule has 0 aliphatic heterocycles. The molecule has 0 saturated carbocycles. The van der Waals surface area contributed by atoms with Gasteiger partial charge in [-0.3, -0.25) is 4.79 Å². The highest BCUT2D eigenvalue weighted by Gasteiger charge is 2.32. The van der Waals surface area contributed by atoms with Gasteiger partial charge in [-0.25, -0.2) is 4.39 Å². The van der Waals surface area contributed by atoms with Crippen molar-refractivity contribution >= 4 is 21.7 Å². The highest BCUT2D eigenvalue weighted by Crippen LogP contribution is 2.33. The van der Waals surface area contributed by atoms with Crippen LogP contribution in [0.15, 0.2) is 16.6 Å². The predicted molar refractivity (Wildman–Crippen MR) is 49.1 cm³/mol. The van der Waals surface area contributed by atoms with E-state index < -0.39 is 23.3 Å². The van der Waals surface area contributed by atoms with Crippen LogP contribution in [-0.2, 0) is 6.18 Å². The van der Waals surface area contributed by atoms with Crippen LogP contribution in [0.5, 0.6) is 0 Å². The van der Waals surface area contributed by atoms with Gasteiger partial charge < -0.3 is 0 Å². The van der Waals surface area contributed by atoms with Crippen LogP contribution in [0.2, 0.25) is 0 Å². The summed E-state index contributed by atoms with van der Waals surface area (Å²) < 4.78 is 49.6. The van der Waals surface area contributed by atoms with E-state index in [-0.39, 0.29) is 10.0 Å². The summed E-state index contributed by atoms with van der Waals surface area (Å²) in [6, 6.07) is 0.987. The number of carbonyl (C=O) groups is 1. The lowest BCUT2D eigenvalue weighted by Gasteiger charge is -2.09. The van der Waals surface area contributed by atoms with Gasteiger partial charge in [-0.05, 0) is 35.0 Å². The summed E-state index contributed by atoms with van der Waals surface area (Å²) in [7, 11) is 0. The van der Waals surface area contributed by atoms with Gasteiger partial charge in [0.2, 0.25) is 0 Å². The Balaban J connectivity index is 3.39. The smallest absolute Gasteiger partial charge is 0.294 e. The monoisotopic (exact) mass is 284 g/mol. The van der Waals surface area contributed by atoms with Crippen LogP contribution in [0.1, 0.15) is 22.8 Å². The first-order valence-corrected chi connectivity index (χ1v) is 4.60. The summed E-state index contributed by atoms with van der Waals surface area (Å²) >= 11 is 2.73. The number of Topliss-reactive ketones (excluding diaryl/α,β-unsaturated/α-hetero) is 1. The maximum absolute atomic E-state index is 13.1. The summed E-state index contributed by atoms with van der Waals surface area (Å²) in [4.78, 5) is 10.9. The molecule has 1 aromatic rings. The van der Waals surface area contributed by atoms with Crippen LogP contribution < -0.4 is 0 Å². The lowest BCUT2D eigenvalue weighted by molar-refractivity contribution is -0.137. The van der Waals surface area contributed by atoms with Crippen molar-refractivity contribution in [3.05, 3.63) is 33.5 Å². The highest BCUT2D eigenvalue weighted by atomic mass is 79.9. The Morgan fingerprint density at radius 2 is 1.87 bits per heavy atom. The Morgan fingerprint density at radius 1 is 1.33 bits per heavy atom. The van der Waals surface area contributed by atoms with Crippen molar-refractivity contribution in [3.63, 3.8) is 0 Å². The van der Waals surface area contributed by atoms with Gasteiger partial charge in [-0.1, -0.05) is 0 Å². The second kappa shape index (κ2) is 3.92. The van der Waals surface area contributed by atoms with Crippen molar-refractivity contribution in [2.75, 3.05) is 0 Å². The van der Waals surface area contributed by atoms with Crippen molar-refractivity contribution < 1.29 is 22.4 Å². The van der Waals surface area contributed by atoms with E-state index in [2.05, 4.69) is 15.9 Å². The number of alkyl halides is 3. The molecule has 15 heavy (non-hydrogen) atoms. The SMILES string of the molecule is CC(=O)c1c(F)cc(C(F)(F)F)cc1Br. The van der Waals surface area contributed by atoms with Gasteiger partial charge >= 0.3 is 6.18 Å². The molecule has 0 radical (unpaired) electrons. The molecule has 0 atom stereocenters. The Kier molecular flexibility index (Phi) is 3.18.